The Hall–Kier alpha value is -2.24. The van der Waals surface area contributed by atoms with Crippen molar-refractivity contribution in [3.63, 3.8) is 0 Å². The van der Waals surface area contributed by atoms with Gasteiger partial charge < -0.3 is 0 Å². The Kier molecular flexibility index (Phi) is 6.65. The Morgan fingerprint density at radius 2 is 0.735 bits per heavy atom. The number of para-hydroxylation sites is 3. The summed E-state index contributed by atoms with van der Waals surface area (Å²) >= 11 is -2.16. The van der Waals surface area contributed by atoms with Crippen LogP contribution in [0, 0.1) is 0 Å². The van der Waals surface area contributed by atoms with Crippen molar-refractivity contribution >= 4 is 75.3 Å². The number of benzene rings is 3. The summed E-state index contributed by atoms with van der Waals surface area (Å²) in [6.45, 7) is 0. The Bertz CT molecular complexity index is 1420. The molecule has 3 nitrogen and oxygen atoms in total. The Morgan fingerprint density at radius 3 is 1.09 bits per heavy atom. The second-order valence-corrected chi connectivity index (χ2v) is 27.3. The zero-order valence-corrected chi connectivity index (χ0v) is 22.9. The normalized spacial score (nSPS) is 11.6. The van der Waals surface area contributed by atoms with E-state index >= 15 is 0 Å². The van der Waals surface area contributed by atoms with Crippen LogP contribution in [0.2, 0.25) is 0 Å². The Morgan fingerprint density at radius 1 is 0.412 bits per heavy atom. The van der Waals surface area contributed by atoms with Crippen LogP contribution in [0.3, 0.4) is 0 Å². The van der Waals surface area contributed by atoms with Gasteiger partial charge in [-0.3, -0.25) is 0 Å². The van der Waals surface area contributed by atoms with Crippen molar-refractivity contribution < 1.29 is 0 Å². The average molecular weight is 602 g/mol. The van der Waals surface area contributed by atoms with E-state index in [4.69, 9.17) is 15.0 Å². The first-order valence-corrected chi connectivity index (χ1v) is 22.4. The molecule has 0 radical (unpaired) electrons. The van der Waals surface area contributed by atoms with Crippen molar-refractivity contribution in [1.82, 2.24) is 15.0 Å². The molecule has 0 unspecified atom stereocenters. The number of hydrogen-bond acceptors (Lipinski definition) is 6. The molecule has 0 aliphatic rings. The van der Waals surface area contributed by atoms with E-state index < -0.39 is 16.0 Å². The third-order valence-electron chi connectivity index (χ3n) is 5.31. The third kappa shape index (κ3) is 4.65. The Balaban J connectivity index is 1.42. The van der Waals surface area contributed by atoms with Crippen LogP contribution < -0.4 is 0 Å². The number of nitrogens with zero attached hydrogens (tertiary/aromatic N) is 3. The molecule has 3 heterocycles. The fourth-order valence-corrected chi connectivity index (χ4v) is 26.3. The molecule has 0 atom stereocenters. The summed E-state index contributed by atoms with van der Waals surface area (Å²) in [5.41, 5.74) is 3.24. The number of rotatable bonds is 6. The van der Waals surface area contributed by atoms with Crippen LogP contribution in [-0.4, -0.2) is 31.0 Å². The van der Waals surface area contributed by atoms with E-state index in [9.17, 15) is 0 Å². The standard InChI is InChI=1S/3C9H7NS.Sb/c3*11-8-5-1-3-7-4-2-6-10-9(7)8;/h3*1-6,11H;/q;;;+3/p-3. The van der Waals surface area contributed by atoms with E-state index in [0.717, 1.165) is 16.6 Å². The van der Waals surface area contributed by atoms with Crippen molar-refractivity contribution in [3.05, 3.63) is 110 Å². The third-order valence-corrected chi connectivity index (χ3v) is 25.2. The molecule has 7 heteroatoms. The molecule has 0 fully saturated rings. The molecule has 6 aromatic rings. The molecule has 3 aromatic heterocycles. The van der Waals surface area contributed by atoms with Gasteiger partial charge in [0.05, 0.1) is 0 Å². The summed E-state index contributed by atoms with van der Waals surface area (Å²) < 4.78 is 0. The van der Waals surface area contributed by atoms with Crippen molar-refractivity contribution in [1.29, 1.82) is 0 Å². The summed E-state index contributed by atoms with van der Waals surface area (Å²) in [6, 6.07) is 31.9. The van der Waals surface area contributed by atoms with E-state index in [1.54, 1.807) is 0 Å². The molecule has 164 valence electrons. The number of hydrogen-bond donors (Lipinski definition) is 0. The summed E-state index contributed by atoms with van der Waals surface area (Å²) in [7, 11) is 6.05. The minimum absolute atomic E-state index is 1.08. The molecular weight excluding hydrogens is 584 g/mol. The average Bonchev–Trinajstić information content (AvgIpc) is 2.89. The maximum absolute atomic E-state index is 4.71. The molecule has 3 aromatic carbocycles. The molecule has 0 amide bonds. The molecule has 0 bridgehead atoms. The first kappa shape index (κ1) is 22.2. The van der Waals surface area contributed by atoms with Gasteiger partial charge in [0, 0.05) is 0 Å². The number of fused-ring (bicyclic) bond motifs is 3. The van der Waals surface area contributed by atoms with Crippen LogP contribution >= 0.6 is 26.5 Å². The van der Waals surface area contributed by atoms with Crippen LogP contribution in [-0.2, 0) is 0 Å². The summed E-state index contributed by atoms with van der Waals surface area (Å²) in [4.78, 5) is 17.9. The van der Waals surface area contributed by atoms with Gasteiger partial charge in [-0.25, -0.2) is 0 Å². The van der Waals surface area contributed by atoms with E-state index in [2.05, 4.69) is 72.8 Å². The van der Waals surface area contributed by atoms with Crippen LogP contribution in [0.4, 0.5) is 0 Å². The maximum atomic E-state index is 4.71. The molecule has 0 saturated heterocycles. The zero-order valence-electron chi connectivity index (χ0n) is 17.9. The second-order valence-electron chi connectivity index (χ2n) is 7.49. The summed E-state index contributed by atoms with van der Waals surface area (Å²) in [5, 5.41) is 3.55. The van der Waals surface area contributed by atoms with E-state index in [1.165, 1.54) is 30.8 Å². The fraction of sp³-hybridized carbons (Fsp3) is 0. The van der Waals surface area contributed by atoms with E-state index in [1.807, 2.05) is 63.3 Å². The second kappa shape index (κ2) is 10.2. The van der Waals surface area contributed by atoms with Crippen molar-refractivity contribution in [2.75, 3.05) is 0 Å². The van der Waals surface area contributed by atoms with Crippen LogP contribution in [0.5, 0.6) is 0 Å². The van der Waals surface area contributed by atoms with E-state index in [-0.39, 0.29) is 0 Å². The predicted octanol–water partition coefficient (Wildman–Crippen LogP) is 7.99. The van der Waals surface area contributed by atoms with E-state index in [0.29, 0.717) is 0 Å². The monoisotopic (exact) mass is 601 g/mol. The summed E-state index contributed by atoms with van der Waals surface area (Å²) in [5.74, 6) is 0. The quantitative estimate of drug-likeness (QED) is 0.180. The van der Waals surface area contributed by atoms with Crippen molar-refractivity contribution in [2.45, 2.75) is 14.7 Å². The van der Waals surface area contributed by atoms with Gasteiger partial charge >= 0.3 is 214 Å². The van der Waals surface area contributed by atoms with Gasteiger partial charge in [0.25, 0.3) is 0 Å². The molecule has 0 N–H and O–H groups in total. The number of aromatic nitrogens is 3. The summed E-state index contributed by atoms with van der Waals surface area (Å²) in [6.07, 6.45) is 5.66. The minimum atomic E-state index is -2.16. The van der Waals surface area contributed by atoms with Gasteiger partial charge in [0.1, 0.15) is 0 Å². The van der Waals surface area contributed by atoms with Gasteiger partial charge in [-0.15, -0.1) is 0 Å². The topological polar surface area (TPSA) is 38.7 Å². The SMILES string of the molecule is c1cnc2c([S][Sb]([S]c3cccc4cccnc34)[S]c3cccc4cccnc34)cccc2c1. The molecule has 0 aliphatic carbocycles. The van der Waals surface area contributed by atoms with Gasteiger partial charge in [0.2, 0.25) is 0 Å². The zero-order chi connectivity index (χ0) is 22.7. The van der Waals surface area contributed by atoms with Gasteiger partial charge in [-0.2, -0.15) is 0 Å². The van der Waals surface area contributed by atoms with Crippen LogP contribution in [0.15, 0.2) is 124 Å². The Labute approximate surface area is 213 Å². The molecule has 6 rings (SSSR count). The first-order chi connectivity index (χ1) is 16.8. The number of pyridine rings is 3. The molecule has 34 heavy (non-hydrogen) atoms. The van der Waals surface area contributed by atoms with Gasteiger partial charge in [0.15, 0.2) is 0 Å². The predicted molar refractivity (Wildman–Crippen MR) is 149 cm³/mol. The molecule has 0 spiro atoms. The van der Waals surface area contributed by atoms with Crippen molar-refractivity contribution in [3.8, 4) is 0 Å². The van der Waals surface area contributed by atoms with Gasteiger partial charge in [-0.1, -0.05) is 0 Å². The first-order valence-electron chi connectivity index (χ1n) is 10.7. The van der Waals surface area contributed by atoms with Gasteiger partial charge in [-0.05, 0) is 0 Å². The fourth-order valence-electron chi connectivity index (χ4n) is 3.75. The van der Waals surface area contributed by atoms with Crippen LogP contribution in [0.1, 0.15) is 0 Å². The molecule has 0 aliphatic heterocycles. The molecule has 0 saturated carbocycles. The van der Waals surface area contributed by atoms with Crippen LogP contribution in [0.25, 0.3) is 32.7 Å². The molecular formula is C27H18N3S3Sb. The van der Waals surface area contributed by atoms with Crippen molar-refractivity contribution in [2.24, 2.45) is 0 Å².